The van der Waals surface area contributed by atoms with Crippen LogP contribution in [0.3, 0.4) is 0 Å². The summed E-state index contributed by atoms with van der Waals surface area (Å²) in [5, 5.41) is 4.20. The molecule has 0 atom stereocenters. The monoisotopic (exact) mass is 663 g/mol. The van der Waals surface area contributed by atoms with E-state index in [1.165, 1.54) is 0 Å². The summed E-state index contributed by atoms with van der Waals surface area (Å²) in [5.74, 6) is 0. The Bertz CT molecular complexity index is 2760. The number of hydrogen-bond donors (Lipinski definition) is 0. The first-order valence-corrected chi connectivity index (χ1v) is 17.3. The number of aromatic nitrogens is 5. The summed E-state index contributed by atoms with van der Waals surface area (Å²) in [7, 11) is 0. The van der Waals surface area contributed by atoms with Crippen molar-refractivity contribution in [3.8, 4) is 56.2 Å². The molecule has 0 saturated carbocycles. The van der Waals surface area contributed by atoms with E-state index in [4.69, 9.17) is 19.9 Å². The second-order valence-corrected chi connectivity index (χ2v) is 13.0. The molecule has 5 heterocycles. The van der Waals surface area contributed by atoms with Crippen molar-refractivity contribution in [1.29, 1.82) is 0 Å². The van der Waals surface area contributed by atoms with Crippen molar-refractivity contribution in [2.45, 2.75) is 0 Å². The third-order valence-corrected chi connectivity index (χ3v) is 9.70. The molecule has 0 bridgehead atoms. The van der Waals surface area contributed by atoms with Crippen molar-refractivity contribution < 1.29 is 0 Å². The summed E-state index contributed by atoms with van der Waals surface area (Å²) >= 11 is 0. The maximum atomic E-state index is 5.30. The average Bonchev–Trinajstić information content (AvgIpc) is 3.23. The first-order chi connectivity index (χ1) is 25.7. The Morgan fingerprint density at radius 3 is 1.00 bits per heavy atom. The van der Waals surface area contributed by atoms with Crippen LogP contribution < -0.4 is 0 Å². The summed E-state index contributed by atoms with van der Waals surface area (Å²) in [6.07, 6.45) is 3.70. The molecule has 0 radical (unpaired) electrons. The van der Waals surface area contributed by atoms with Crippen molar-refractivity contribution in [2.75, 3.05) is 0 Å². The molecule has 0 fully saturated rings. The molecule has 0 spiro atoms. The van der Waals surface area contributed by atoms with Crippen LogP contribution in [0.5, 0.6) is 0 Å². The van der Waals surface area contributed by atoms with Gasteiger partial charge in [0.2, 0.25) is 0 Å². The van der Waals surface area contributed by atoms with Gasteiger partial charge in [-0.25, -0.2) is 19.9 Å². The lowest BCUT2D eigenvalue weighted by Gasteiger charge is -2.12. The zero-order valence-corrected chi connectivity index (χ0v) is 28.0. The van der Waals surface area contributed by atoms with Gasteiger partial charge in [0.05, 0.1) is 44.8 Å². The van der Waals surface area contributed by atoms with Gasteiger partial charge in [-0.15, -0.1) is 0 Å². The van der Waals surface area contributed by atoms with Crippen LogP contribution in [0.15, 0.2) is 176 Å². The smallest absolute Gasteiger partial charge is 0.0972 e. The molecule has 5 heteroatoms. The standard InChI is InChI=1S/C47H29N5/c1-3-8-30(9-4-1)40-21-17-32-13-15-34-19-23-42(51-46(34)44(32)49-40)38-26-37(36-12-7-25-48-29-36)27-39(28-38)43-24-20-35-16-14-33-18-22-41(31-10-5-2-6-11-31)50-45(33)47(35)52-43/h1-29H. The van der Waals surface area contributed by atoms with E-state index in [0.29, 0.717) is 0 Å². The minimum absolute atomic E-state index is 0.860. The molecule has 10 rings (SSSR count). The van der Waals surface area contributed by atoms with Crippen LogP contribution in [-0.4, -0.2) is 24.9 Å². The van der Waals surface area contributed by atoms with Crippen molar-refractivity contribution in [3.05, 3.63) is 176 Å². The Morgan fingerprint density at radius 1 is 0.269 bits per heavy atom. The molecule has 0 amide bonds. The van der Waals surface area contributed by atoms with Crippen molar-refractivity contribution in [2.24, 2.45) is 0 Å². The van der Waals surface area contributed by atoms with Crippen LogP contribution in [0.1, 0.15) is 0 Å². The fourth-order valence-corrected chi connectivity index (χ4v) is 7.02. The number of hydrogen-bond acceptors (Lipinski definition) is 5. The van der Waals surface area contributed by atoms with Gasteiger partial charge in [0.15, 0.2) is 0 Å². The molecule has 0 saturated heterocycles. The summed E-state index contributed by atoms with van der Waals surface area (Å²) in [6, 6.07) is 56.5. The van der Waals surface area contributed by atoms with Gasteiger partial charge >= 0.3 is 0 Å². The predicted octanol–water partition coefficient (Wildman–Crippen LogP) is 11.6. The summed E-state index contributed by atoms with van der Waals surface area (Å²) < 4.78 is 0. The molecule has 10 aromatic rings. The van der Waals surface area contributed by atoms with E-state index in [9.17, 15) is 0 Å². The van der Waals surface area contributed by atoms with Crippen LogP contribution in [0.4, 0.5) is 0 Å². The second kappa shape index (κ2) is 12.3. The van der Waals surface area contributed by atoms with Gasteiger partial charge in [-0.2, -0.15) is 0 Å². The summed E-state index contributed by atoms with van der Waals surface area (Å²) in [6.45, 7) is 0. The van der Waals surface area contributed by atoms with Gasteiger partial charge in [0.1, 0.15) is 0 Å². The number of pyridine rings is 5. The Kier molecular flexibility index (Phi) is 7.07. The summed E-state index contributed by atoms with van der Waals surface area (Å²) in [5.41, 5.74) is 13.3. The Morgan fingerprint density at radius 2 is 0.615 bits per heavy atom. The van der Waals surface area contributed by atoms with Crippen LogP contribution in [0, 0.1) is 0 Å². The van der Waals surface area contributed by atoms with Gasteiger partial charge in [-0.3, -0.25) is 4.98 Å². The first kappa shape index (κ1) is 29.8. The lowest BCUT2D eigenvalue weighted by molar-refractivity contribution is 1.32. The van der Waals surface area contributed by atoms with Crippen LogP contribution in [-0.2, 0) is 0 Å². The zero-order valence-electron chi connectivity index (χ0n) is 28.0. The van der Waals surface area contributed by atoms with Crippen molar-refractivity contribution in [1.82, 2.24) is 24.9 Å². The highest BCUT2D eigenvalue weighted by molar-refractivity contribution is 6.05. The van der Waals surface area contributed by atoms with Gasteiger partial charge in [-0.05, 0) is 54.1 Å². The second-order valence-electron chi connectivity index (χ2n) is 13.0. The molecule has 0 aliphatic rings. The molecule has 5 nitrogen and oxygen atoms in total. The van der Waals surface area contributed by atoms with Crippen molar-refractivity contribution in [3.63, 3.8) is 0 Å². The summed E-state index contributed by atoms with van der Waals surface area (Å²) in [4.78, 5) is 25.3. The average molecular weight is 664 g/mol. The van der Waals surface area contributed by atoms with E-state index in [1.54, 1.807) is 6.20 Å². The fraction of sp³-hybridized carbons (Fsp3) is 0. The number of fused-ring (bicyclic) bond motifs is 6. The molecule has 0 aliphatic carbocycles. The molecule has 0 unspecified atom stereocenters. The van der Waals surface area contributed by atoms with Crippen LogP contribution >= 0.6 is 0 Å². The molecule has 0 N–H and O–H groups in total. The molecule has 5 aromatic heterocycles. The Balaban J connectivity index is 1.15. The number of rotatable bonds is 5. The third kappa shape index (κ3) is 5.32. The highest BCUT2D eigenvalue weighted by Crippen LogP contribution is 2.35. The molecule has 52 heavy (non-hydrogen) atoms. The predicted molar refractivity (Wildman–Crippen MR) is 213 cm³/mol. The molecule has 242 valence electrons. The Hall–Kier alpha value is -7.11. The topological polar surface area (TPSA) is 64.5 Å². The molecular weight excluding hydrogens is 635 g/mol. The van der Waals surface area contributed by atoms with Gasteiger partial charge in [0.25, 0.3) is 0 Å². The quantitative estimate of drug-likeness (QED) is 0.171. The van der Waals surface area contributed by atoms with Crippen LogP contribution in [0.2, 0.25) is 0 Å². The lowest BCUT2D eigenvalue weighted by Crippen LogP contribution is -1.93. The minimum Gasteiger partial charge on any atom is -0.264 e. The highest BCUT2D eigenvalue weighted by atomic mass is 14.8. The van der Waals surface area contributed by atoms with Gasteiger partial charge in [0, 0.05) is 61.8 Å². The van der Waals surface area contributed by atoms with Gasteiger partial charge < -0.3 is 0 Å². The maximum absolute atomic E-state index is 5.30. The van der Waals surface area contributed by atoms with E-state index in [2.05, 4.69) is 126 Å². The van der Waals surface area contributed by atoms with E-state index in [0.717, 1.165) is 99.8 Å². The third-order valence-electron chi connectivity index (χ3n) is 9.70. The SMILES string of the molecule is c1ccc(-c2ccc3ccc4ccc(-c5cc(-c6cccnc6)cc(-c6ccc7ccc8ccc(-c9ccccc9)nc8c7n6)c5)nc4c3n2)cc1. The molecule has 5 aromatic carbocycles. The van der Waals surface area contributed by atoms with E-state index in [-0.39, 0.29) is 0 Å². The molecule has 0 aliphatic heterocycles. The van der Waals surface area contributed by atoms with E-state index in [1.807, 2.05) is 48.7 Å². The first-order valence-electron chi connectivity index (χ1n) is 17.3. The number of nitrogens with zero attached hydrogens (tertiary/aromatic N) is 5. The van der Waals surface area contributed by atoms with E-state index >= 15 is 0 Å². The fourth-order valence-electron chi connectivity index (χ4n) is 7.02. The minimum atomic E-state index is 0.860. The van der Waals surface area contributed by atoms with Gasteiger partial charge in [-0.1, -0.05) is 115 Å². The molecular formula is C47H29N5. The normalized spacial score (nSPS) is 11.5. The number of benzene rings is 5. The zero-order chi connectivity index (χ0) is 34.4. The van der Waals surface area contributed by atoms with E-state index < -0.39 is 0 Å². The highest BCUT2D eigenvalue weighted by Gasteiger charge is 2.14. The largest absolute Gasteiger partial charge is 0.264 e. The lowest BCUT2D eigenvalue weighted by atomic mass is 9.96. The van der Waals surface area contributed by atoms with Crippen LogP contribution in [0.25, 0.3) is 99.8 Å². The Labute approximate surface area is 300 Å². The van der Waals surface area contributed by atoms with Crippen molar-refractivity contribution >= 4 is 43.6 Å². The maximum Gasteiger partial charge on any atom is 0.0972 e.